The summed E-state index contributed by atoms with van der Waals surface area (Å²) < 4.78 is 0.860. The number of aromatic amines is 1. The minimum Gasteiger partial charge on any atom is -0.321 e. The average molecular weight is 465 g/mol. The molecule has 0 atom stereocenters. The van der Waals surface area contributed by atoms with Crippen LogP contribution in [0.4, 0.5) is 0 Å². The SMILES string of the molecule is O=C(C=Cc1ccccc1Cl)c1c(-c2ccccc2)c2cc(Br)ccc2[nH]c1=O. The van der Waals surface area contributed by atoms with E-state index in [0.717, 1.165) is 15.4 Å². The molecule has 0 spiro atoms. The number of rotatable bonds is 4. The number of carbonyl (C=O) groups is 1. The largest absolute Gasteiger partial charge is 0.321 e. The zero-order chi connectivity index (χ0) is 20.4. The first-order valence-electron chi connectivity index (χ1n) is 8.92. The molecule has 0 saturated heterocycles. The van der Waals surface area contributed by atoms with Crippen molar-refractivity contribution >= 4 is 50.3 Å². The predicted molar refractivity (Wildman–Crippen MR) is 123 cm³/mol. The van der Waals surface area contributed by atoms with Crippen molar-refractivity contribution in [1.29, 1.82) is 0 Å². The number of H-pyrrole nitrogens is 1. The summed E-state index contributed by atoms with van der Waals surface area (Å²) in [4.78, 5) is 28.8. The molecule has 0 aliphatic heterocycles. The van der Waals surface area contributed by atoms with Crippen molar-refractivity contribution in [2.45, 2.75) is 0 Å². The molecule has 0 aliphatic carbocycles. The smallest absolute Gasteiger partial charge is 0.260 e. The lowest BCUT2D eigenvalue weighted by atomic mass is 9.94. The van der Waals surface area contributed by atoms with Crippen LogP contribution in [0.25, 0.3) is 28.1 Å². The van der Waals surface area contributed by atoms with Crippen LogP contribution in [0.2, 0.25) is 5.02 Å². The summed E-state index contributed by atoms with van der Waals surface area (Å²) in [6.07, 6.45) is 3.02. The fourth-order valence-electron chi connectivity index (χ4n) is 3.26. The topological polar surface area (TPSA) is 49.9 Å². The van der Waals surface area contributed by atoms with Gasteiger partial charge in [0, 0.05) is 26.0 Å². The Morgan fingerprint density at radius 2 is 1.69 bits per heavy atom. The van der Waals surface area contributed by atoms with E-state index in [9.17, 15) is 9.59 Å². The van der Waals surface area contributed by atoms with Gasteiger partial charge in [0.1, 0.15) is 0 Å². The van der Waals surface area contributed by atoms with E-state index in [2.05, 4.69) is 20.9 Å². The third-order valence-electron chi connectivity index (χ3n) is 4.60. The lowest BCUT2D eigenvalue weighted by Crippen LogP contribution is -2.18. The van der Waals surface area contributed by atoms with Gasteiger partial charge in [0.15, 0.2) is 5.78 Å². The molecule has 0 bridgehead atoms. The van der Waals surface area contributed by atoms with Crippen LogP contribution in [-0.2, 0) is 0 Å². The number of ketones is 1. The minimum atomic E-state index is -0.424. The van der Waals surface area contributed by atoms with Crippen LogP contribution in [-0.4, -0.2) is 10.8 Å². The van der Waals surface area contributed by atoms with Crippen molar-refractivity contribution in [3.63, 3.8) is 0 Å². The Labute approximate surface area is 180 Å². The van der Waals surface area contributed by atoms with E-state index >= 15 is 0 Å². The van der Waals surface area contributed by atoms with E-state index in [0.29, 0.717) is 21.7 Å². The Morgan fingerprint density at radius 3 is 2.45 bits per heavy atom. The quantitative estimate of drug-likeness (QED) is 0.276. The highest BCUT2D eigenvalue weighted by Crippen LogP contribution is 2.31. The lowest BCUT2D eigenvalue weighted by Gasteiger charge is -2.12. The highest BCUT2D eigenvalue weighted by atomic mass is 79.9. The number of carbonyl (C=O) groups excluding carboxylic acids is 1. The maximum atomic E-state index is 13.1. The molecule has 0 saturated carbocycles. The highest BCUT2D eigenvalue weighted by molar-refractivity contribution is 9.10. The Bertz CT molecular complexity index is 1310. The fraction of sp³-hybridized carbons (Fsp3) is 0. The molecule has 1 aromatic heterocycles. The van der Waals surface area contributed by atoms with Gasteiger partial charge in [-0.05, 0) is 47.5 Å². The minimum absolute atomic E-state index is 0.102. The van der Waals surface area contributed by atoms with Crippen LogP contribution in [0.3, 0.4) is 0 Å². The molecular formula is C24H15BrClNO2. The highest BCUT2D eigenvalue weighted by Gasteiger charge is 2.19. The lowest BCUT2D eigenvalue weighted by molar-refractivity contribution is 0.104. The van der Waals surface area contributed by atoms with E-state index in [1.165, 1.54) is 6.08 Å². The first-order valence-corrected chi connectivity index (χ1v) is 10.1. The van der Waals surface area contributed by atoms with Crippen LogP contribution in [0.1, 0.15) is 15.9 Å². The Kier molecular flexibility index (Phi) is 5.47. The van der Waals surface area contributed by atoms with Gasteiger partial charge in [-0.25, -0.2) is 0 Å². The molecule has 1 N–H and O–H groups in total. The molecule has 1 heterocycles. The Morgan fingerprint density at radius 1 is 0.966 bits per heavy atom. The molecular weight excluding hydrogens is 450 g/mol. The number of halogens is 2. The van der Waals surface area contributed by atoms with Gasteiger partial charge in [-0.2, -0.15) is 0 Å². The molecule has 0 aliphatic rings. The zero-order valence-corrected chi connectivity index (χ0v) is 17.5. The van der Waals surface area contributed by atoms with Crippen molar-refractivity contribution in [2.75, 3.05) is 0 Å². The maximum absolute atomic E-state index is 13.1. The van der Waals surface area contributed by atoms with Crippen molar-refractivity contribution in [3.05, 3.63) is 110 Å². The molecule has 4 aromatic rings. The first-order chi connectivity index (χ1) is 14.0. The average Bonchev–Trinajstić information content (AvgIpc) is 2.73. The van der Waals surface area contributed by atoms with E-state index < -0.39 is 5.56 Å². The number of hydrogen-bond acceptors (Lipinski definition) is 2. The van der Waals surface area contributed by atoms with Crippen molar-refractivity contribution in [1.82, 2.24) is 4.98 Å². The van der Waals surface area contributed by atoms with Gasteiger partial charge in [-0.15, -0.1) is 0 Å². The second-order valence-corrected chi connectivity index (χ2v) is 7.80. The van der Waals surface area contributed by atoms with Crippen LogP contribution in [0.5, 0.6) is 0 Å². The van der Waals surface area contributed by atoms with Gasteiger partial charge >= 0.3 is 0 Å². The van der Waals surface area contributed by atoms with Crippen molar-refractivity contribution < 1.29 is 4.79 Å². The van der Waals surface area contributed by atoms with E-state index in [1.54, 1.807) is 12.1 Å². The number of pyridine rings is 1. The number of hydrogen-bond donors (Lipinski definition) is 1. The second kappa shape index (κ2) is 8.19. The summed E-state index contributed by atoms with van der Waals surface area (Å²) in [6.45, 7) is 0. The molecule has 3 nitrogen and oxygen atoms in total. The standard InChI is InChI=1S/C24H15BrClNO2/c25-17-11-12-20-18(14-17)22(16-7-2-1-3-8-16)23(24(29)27-20)21(28)13-10-15-6-4-5-9-19(15)26/h1-14H,(H,27,29). The van der Waals surface area contributed by atoms with Gasteiger partial charge in [-0.1, -0.05) is 76.1 Å². The summed E-state index contributed by atoms with van der Waals surface area (Å²) in [5, 5.41) is 1.33. The fourth-order valence-corrected chi connectivity index (χ4v) is 3.82. The summed E-state index contributed by atoms with van der Waals surface area (Å²) in [5.41, 5.74) is 2.47. The zero-order valence-electron chi connectivity index (χ0n) is 15.2. The summed E-state index contributed by atoms with van der Waals surface area (Å²) in [7, 11) is 0. The van der Waals surface area contributed by atoms with Gasteiger partial charge < -0.3 is 4.98 Å². The normalized spacial score (nSPS) is 11.2. The van der Waals surface area contributed by atoms with E-state index in [4.69, 9.17) is 11.6 Å². The molecule has 3 aromatic carbocycles. The number of allylic oxidation sites excluding steroid dienone is 1. The van der Waals surface area contributed by atoms with Crippen LogP contribution in [0.15, 0.2) is 88.1 Å². The van der Waals surface area contributed by atoms with Crippen LogP contribution >= 0.6 is 27.5 Å². The second-order valence-electron chi connectivity index (χ2n) is 6.48. The Hall–Kier alpha value is -2.95. The molecule has 4 rings (SSSR count). The molecule has 142 valence electrons. The summed E-state index contributed by atoms with van der Waals surface area (Å²) in [5.74, 6) is -0.383. The molecule has 29 heavy (non-hydrogen) atoms. The molecule has 0 amide bonds. The summed E-state index contributed by atoms with van der Waals surface area (Å²) >= 11 is 9.65. The van der Waals surface area contributed by atoms with Crippen LogP contribution in [0, 0.1) is 0 Å². The molecule has 0 fully saturated rings. The van der Waals surface area contributed by atoms with Gasteiger partial charge in [0.05, 0.1) is 5.56 Å². The van der Waals surface area contributed by atoms with Crippen molar-refractivity contribution in [2.24, 2.45) is 0 Å². The maximum Gasteiger partial charge on any atom is 0.260 e. The molecule has 5 heteroatoms. The third kappa shape index (κ3) is 3.95. The number of benzene rings is 3. The first kappa shape index (κ1) is 19.4. The third-order valence-corrected chi connectivity index (χ3v) is 5.44. The Balaban J connectivity index is 1.94. The number of fused-ring (bicyclic) bond motifs is 1. The van der Waals surface area contributed by atoms with Crippen molar-refractivity contribution in [3.8, 4) is 11.1 Å². The van der Waals surface area contributed by atoms with Gasteiger partial charge in [-0.3, -0.25) is 9.59 Å². The van der Waals surface area contributed by atoms with Crippen LogP contribution < -0.4 is 5.56 Å². The summed E-state index contributed by atoms with van der Waals surface area (Å²) in [6, 6.07) is 22.2. The predicted octanol–water partition coefficient (Wildman–Crippen LogP) is 6.51. The number of aromatic nitrogens is 1. The van der Waals surface area contributed by atoms with Gasteiger partial charge in [0.2, 0.25) is 0 Å². The monoisotopic (exact) mass is 463 g/mol. The van der Waals surface area contributed by atoms with E-state index in [-0.39, 0.29) is 11.3 Å². The molecule has 0 radical (unpaired) electrons. The van der Waals surface area contributed by atoms with Gasteiger partial charge in [0.25, 0.3) is 5.56 Å². The van der Waals surface area contributed by atoms with E-state index in [1.807, 2.05) is 66.7 Å². The number of nitrogens with one attached hydrogen (secondary N) is 1. The molecule has 0 unspecified atom stereocenters.